The quantitative estimate of drug-likeness (QED) is 0.535. The van der Waals surface area contributed by atoms with Gasteiger partial charge in [0.15, 0.2) is 0 Å². The summed E-state index contributed by atoms with van der Waals surface area (Å²) in [4.78, 5) is 0. The van der Waals surface area contributed by atoms with E-state index < -0.39 is 0 Å². The largest absolute Gasteiger partial charge is 0.368 e. The van der Waals surface area contributed by atoms with Gasteiger partial charge in [-0.2, -0.15) is 0 Å². The van der Waals surface area contributed by atoms with Crippen molar-refractivity contribution in [3.63, 3.8) is 0 Å². The number of hydrogen-bond acceptors (Lipinski definition) is 1. The van der Waals surface area contributed by atoms with Crippen molar-refractivity contribution in [3.8, 4) is 0 Å². The van der Waals surface area contributed by atoms with E-state index in [9.17, 15) is 0 Å². The molecule has 1 heterocycles. The summed E-state index contributed by atoms with van der Waals surface area (Å²) in [6.45, 7) is 3.03. The fourth-order valence-electron chi connectivity index (χ4n) is 1.18. The second-order valence-corrected chi connectivity index (χ2v) is 2.68. The molecule has 1 saturated heterocycles. The molecule has 1 fully saturated rings. The highest BCUT2D eigenvalue weighted by molar-refractivity contribution is 5.29. The van der Waals surface area contributed by atoms with Gasteiger partial charge in [0, 0.05) is 0 Å². The molecule has 0 spiro atoms. The van der Waals surface area contributed by atoms with E-state index in [1.54, 1.807) is 0 Å². The van der Waals surface area contributed by atoms with Crippen molar-refractivity contribution in [2.75, 3.05) is 6.61 Å². The first-order valence-corrected chi connectivity index (χ1v) is 3.55. The summed E-state index contributed by atoms with van der Waals surface area (Å²) in [6, 6.07) is 8.37. The molecule has 0 unspecified atom stereocenters. The minimum absolute atomic E-state index is 0.404. The first kappa shape index (κ1) is 5.93. The van der Waals surface area contributed by atoms with Gasteiger partial charge < -0.3 is 4.74 Å². The Kier molecular flexibility index (Phi) is 1.24. The summed E-state index contributed by atoms with van der Waals surface area (Å²) < 4.78 is 5.18. The molecule has 52 valence electrons. The molecular formula is C9H10O. The lowest BCUT2D eigenvalue weighted by atomic mass is 10.1. The smallest absolute Gasteiger partial charge is 0.106 e. The molecule has 1 heteroatoms. The number of rotatable bonds is 1. The third-order valence-corrected chi connectivity index (χ3v) is 1.87. The zero-order chi connectivity index (χ0) is 6.97. The van der Waals surface area contributed by atoms with Crippen molar-refractivity contribution in [3.05, 3.63) is 35.4 Å². The molecule has 0 saturated carbocycles. The normalized spacial score (nSPS) is 22.7. The molecule has 0 amide bonds. The molecule has 0 aliphatic carbocycles. The van der Waals surface area contributed by atoms with Gasteiger partial charge in [-0.05, 0) is 18.1 Å². The molecule has 1 aliphatic heterocycles. The zero-order valence-corrected chi connectivity index (χ0v) is 6.00. The first-order valence-electron chi connectivity index (χ1n) is 3.55. The number of hydrogen-bond donors (Lipinski definition) is 0. The van der Waals surface area contributed by atoms with Gasteiger partial charge >= 0.3 is 0 Å². The number of ether oxygens (including phenoxy) is 1. The fourth-order valence-corrected chi connectivity index (χ4v) is 1.18. The summed E-state index contributed by atoms with van der Waals surface area (Å²) in [5.74, 6) is 0. The van der Waals surface area contributed by atoms with Gasteiger partial charge in [0.05, 0.1) is 6.61 Å². The molecule has 0 N–H and O–H groups in total. The summed E-state index contributed by atoms with van der Waals surface area (Å²) in [5, 5.41) is 0. The molecule has 2 rings (SSSR count). The number of aryl methyl sites for hydroxylation is 1. The molecule has 1 atom stereocenters. The van der Waals surface area contributed by atoms with Crippen molar-refractivity contribution in [2.45, 2.75) is 13.0 Å². The van der Waals surface area contributed by atoms with Crippen LogP contribution in [0.2, 0.25) is 0 Å². The van der Waals surface area contributed by atoms with Crippen LogP contribution in [0.3, 0.4) is 0 Å². The minimum Gasteiger partial charge on any atom is -0.368 e. The van der Waals surface area contributed by atoms with Crippen LogP contribution < -0.4 is 0 Å². The predicted octanol–water partition coefficient (Wildman–Crippen LogP) is 2.07. The third-order valence-electron chi connectivity index (χ3n) is 1.87. The Labute approximate surface area is 60.6 Å². The van der Waals surface area contributed by atoms with Gasteiger partial charge in [0.25, 0.3) is 0 Å². The second kappa shape index (κ2) is 2.10. The van der Waals surface area contributed by atoms with Crippen LogP contribution in [0, 0.1) is 6.92 Å². The van der Waals surface area contributed by atoms with E-state index >= 15 is 0 Å². The summed E-state index contributed by atoms with van der Waals surface area (Å²) in [7, 11) is 0. The molecule has 0 radical (unpaired) electrons. The van der Waals surface area contributed by atoms with Crippen molar-refractivity contribution in [1.82, 2.24) is 0 Å². The van der Waals surface area contributed by atoms with Crippen molar-refractivity contribution >= 4 is 0 Å². The van der Waals surface area contributed by atoms with E-state index in [1.165, 1.54) is 11.1 Å². The lowest BCUT2D eigenvalue weighted by Crippen LogP contribution is -1.83. The lowest BCUT2D eigenvalue weighted by molar-refractivity contribution is 0.415. The molecule has 1 aromatic carbocycles. The summed E-state index contributed by atoms with van der Waals surface area (Å²) in [5.41, 5.74) is 2.69. The van der Waals surface area contributed by atoms with E-state index in [-0.39, 0.29) is 0 Å². The van der Waals surface area contributed by atoms with Crippen LogP contribution in [-0.4, -0.2) is 6.61 Å². The summed E-state index contributed by atoms with van der Waals surface area (Å²) in [6.07, 6.45) is 0.404. The van der Waals surface area contributed by atoms with Crippen LogP contribution in [0.1, 0.15) is 17.2 Å². The minimum atomic E-state index is 0.404. The number of epoxide rings is 1. The maximum absolute atomic E-state index is 5.18. The predicted molar refractivity (Wildman–Crippen MR) is 39.9 cm³/mol. The van der Waals surface area contributed by atoms with E-state index in [4.69, 9.17) is 4.74 Å². The molecule has 0 aromatic heterocycles. The van der Waals surface area contributed by atoms with Crippen LogP contribution in [-0.2, 0) is 4.74 Å². The van der Waals surface area contributed by atoms with E-state index in [0.29, 0.717) is 6.10 Å². The Morgan fingerprint density at radius 3 is 2.70 bits per heavy atom. The van der Waals surface area contributed by atoms with E-state index in [2.05, 4.69) is 31.2 Å². The molecule has 0 bridgehead atoms. The SMILES string of the molecule is Cc1ccccc1[C@H]1CO1. The van der Waals surface area contributed by atoms with Crippen molar-refractivity contribution < 1.29 is 4.74 Å². The van der Waals surface area contributed by atoms with Crippen molar-refractivity contribution in [2.24, 2.45) is 0 Å². The van der Waals surface area contributed by atoms with Crippen molar-refractivity contribution in [1.29, 1.82) is 0 Å². The molecular weight excluding hydrogens is 124 g/mol. The van der Waals surface area contributed by atoms with Gasteiger partial charge in [-0.15, -0.1) is 0 Å². The topological polar surface area (TPSA) is 12.5 Å². The number of benzene rings is 1. The zero-order valence-electron chi connectivity index (χ0n) is 6.00. The van der Waals surface area contributed by atoms with Crippen LogP contribution in [0.25, 0.3) is 0 Å². The summed E-state index contributed by atoms with van der Waals surface area (Å²) >= 11 is 0. The molecule has 1 aliphatic rings. The van der Waals surface area contributed by atoms with Gasteiger partial charge in [0.2, 0.25) is 0 Å². The van der Waals surface area contributed by atoms with Crippen LogP contribution in [0.5, 0.6) is 0 Å². The first-order chi connectivity index (χ1) is 4.88. The van der Waals surface area contributed by atoms with Gasteiger partial charge in [-0.25, -0.2) is 0 Å². The average Bonchev–Trinajstić information content (AvgIpc) is 2.71. The molecule has 1 nitrogen and oxygen atoms in total. The Bertz CT molecular complexity index is 238. The van der Waals surface area contributed by atoms with Crippen LogP contribution >= 0.6 is 0 Å². The second-order valence-electron chi connectivity index (χ2n) is 2.68. The Balaban J connectivity index is 2.39. The Morgan fingerprint density at radius 2 is 2.10 bits per heavy atom. The highest BCUT2D eigenvalue weighted by atomic mass is 16.6. The van der Waals surface area contributed by atoms with Crippen LogP contribution in [0.15, 0.2) is 24.3 Å². The van der Waals surface area contributed by atoms with Gasteiger partial charge in [0.1, 0.15) is 6.10 Å². The fraction of sp³-hybridized carbons (Fsp3) is 0.333. The maximum Gasteiger partial charge on any atom is 0.106 e. The van der Waals surface area contributed by atoms with Crippen LogP contribution in [0.4, 0.5) is 0 Å². The average molecular weight is 134 g/mol. The van der Waals surface area contributed by atoms with Gasteiger partial charge in [-0.3, -0.25) is 0 Å². The molecule has 1 aromatic rings. The maximum atomic E-state index is 5.18. The lowest BCUT2D eigenvalue weighted by Gasteiger charge is -1.98. The van der Waals surface area contributed by atoms with Gasteiger partial charge in [-0.1, -0.05) is 24.3 Å². The highest BCUT2D eigenvalue weighted by Gasteiger charge is 2.25. The third kappa shape index (κ3) is 0.929. The standard InChI is InChI=1S/C9H10O/c1-7-4-2-3-5-8(7)9-6-10-9/h2-5,9H,6H2,1H3/t9-/m1/s1. The Hall–Kier alpha value is -0.820. The monoisotopic (exact) mass is 134 g/mol. The Morgan fingerprint density at radius 1 is 1.40 bits per heavy atom. The molecule has 10 heavy (non-hydrogen) atoms. The highest BCUT2D eigenvalue weighted by Crippen LogP contribution is 2.31. The van der Waals surface area contributed by atoms with E-state index in [0.717, 1.165) is 6.61 Å². The van der Waals surface area contributed by atoms with E-state index in [1.807, 2.05) is 0 Å².